The SMILES string of the molecule is CCc1cc(NCC(O)c2c(Cl)cccc2Cl)nc(C)n1. The van der Waals surface area contributed by atoms with E-state index in [1.807, 2.05) is 19.9 Å². The molecule has 0 fully saturated rings. The number of benzene rings is 1. The fourth-order valence-electron chi connectivity index (χ4n) is 2.03. The summed E-state index contributed by atoms with van der Waals surface area (Å²) >= 11 is 12.2. The Hall–Kier alpha value is -1.36. The number of rotatable bonds is 5. The normalized spacial score (nSPS) is 12.2. The van der Waals surface area contributed by atoms with Crippen LogP contribution in [0.4, 0.5) is 5.82 Å². The lowest BCUT2D eigenvalue weighted by atomic mass is 10.1. The molecule has 0 bridgehead atoms. The van der Waals surface area contributed by atoms with Crippen molar-refractivity contribution in [2.24, 2.45) is 0 Å². The summed E-state index contributed by atoms with van der Waals surface area (Å²) in [6.45, 7) is 4.14. The van der Waals surface area contributed by atoms with Gasteiger partial charge in [0.15, 0.2) is 0 Å². The molecular weight excluding hydrogens is 309 g/mol. The fraction of sp³-hybridized carbons (Fsp3) is 0.333. The van der Waals surface area contributed by atoms with E-state index in [9.17, 15) is 5.11 Å². The van der Waals surface area contributed by atoms with Crippen molar-refractivity contribution in [3.8, 4) is 0 Å². The van der Waals surface area contributed by atoms with Gasteiger partial charge in [-0.15, -0.1) is 0 Å². The Morgan fingerprint density at radius 2 is 1.90 bits per heavy atom. The van der Waals surface area contributed by atoms with E-state index in [0.29, 0.717) is 27.3 Å². The third-order valence-corrected chi connectivity index (χ3v) is 3.72. The summed E-state index contributed by atoms with van der Waals surface area (Å²) < 4.78 is 0. The molecule has 0 saturated carbocycles. The Balaban J connectivity index is 2.11. The van der Waals surface area contributed by atoms with Crippen molar-refractivity contribution in [2.45, 2.75) is 26.4 Å². The summed E-state index contributed by atoms with van der Waals surface area (Å²) in [7, 11) is 0. The highest BCUT2D eigenvalue weighted by molar-refractivity contribution is 6.36. The average molecular weight is 326 g/mol. The topological polar surface area (TPSA) is 58.0 Å². The predicted molar refractivity (Wildman–Crippen MR) is 86.1 cm³/mol. The molecule has 0 spiro atoms. The van der Waals surface area contributed by atoms with Gasteiger partial charge in [0, 0.05) is 33.9 Å². The van der Waals surface area contributed by atoms with Gasteiger partial charge in [0.25, 0.3) is 0 Å². The van der Waals surface area contributed by atoms with Crippen molar-refractivity contribution >= 4 is 29.0 Å². The van der Waals surface area contributed by atoms with Crippen LogP contribution >= 0.6 is 23.2 Å². The molecule has 0 aliphatic rings. The number of aliphatic hydroxyl groups excluding tert-OH is 1. The zero-order chi connectivity index (χ0) is 15.4. The molecule has 1 atom stereocenters. The summed E-state index contributed by atoms with van der Waals surface area (Å²) in [6.07, 6.45) is 0.0169. The molecule has 2 aromatic rings. The molecule has 21 heavy (non-hydrogen) atoms. The molecule has 0 radical (unpaired) electrons. The minimum Gasteiger partial charge on any atom is -0.386 e. The quantitative estimate of drug-likeness (QED) is 0.877. The second-order valence-corrected chi connectivity index (χ2v) is 5.49. The van der Waals surface area contributed by atoms with Crippen LogP contribution in [0.3, 0.4) is 0 Å². The number of anilines is 1. The highest BCUT2D eigenvalue weighted by Crippen LogP contribution is 2.30. The van der Waals surface area contributed by atoms with E-state index in [0.717, 1.165) is 12.1 Å². The first kappa shape index (κ1) is 16.0. The molecule has 6 heteroatoms. The lowest BCUT2D eigenvalue weighted by molar-refractivity contribution is 0.191. The molecule has 2 rings (SSSR count). The number of aliphatic hydroxyl groups is 1. The van der Waals surface area contributed by atoms with Gasteiger partial charge >= 0.3 is 0 Å². The van der Waals surface area contributed by atoms with Crippen molar-refractivity contribution in [1.29, 1.82) is 0 Å². The van der Waals surface area contributed by atoms with E-state index < -0.39 is 6.10 Å². The Labute approximate surface area is 134 Å². The van der Waals surface area contributed by atoms with Gasteiger partial charge in [-0.25, -0.2) is 9.97 Å². The Morgan fingerprint density at radius 3 is 2.52 bits per heavy atom. The number of nitrogens with zero attached hydrogens (tertiary/aromatic N) is 2. The summed E-state index contributed by atoms with van der Waals surface area (Å²) in [5.41, 5.74) is 1.48. The summed E-state index contributed by atoms with van der Waals surface area (Å²) in [4.78, 5) is 8.60. The van der Waals surface area contributed by atoms with Gasteiger partial charge in [0.05, 0.1) is 6.10 Å². The highest BCUT2D eigenvalue weighted by atomic mass is 35.5. The van der Waals surface area contributed by atoms with Crippen LogP contribution in [0.2, 0.25) is 10.0 Å². The van der Waals surface area contributed by atoms with Crippen LogP contribution in [0.25, 0.3) is 0 Å². The molecule has 4 nitrogen and oxygen atoms in total. The minimum absolute atomic E-state index is 0.267. The van der Waals surface area contributed by atoms with Gasteiger partial charge in [-0.2, -0.15) is 0 Å². The molecule has 1 unspecified atom stereocenters. The van der Waals surface area contributed by atoms with E-state index in [1.165, 1.54) is 0 Å². The van der Waals surface area contributed by atoms with Crippen molar-refractivity contribution in [3.63, 3.8) is 0 Å². The number of hydrogen-bond donors (Lipinski definition) is 2. The molecule has 1 heterocycles. The van der Waals surface area contributed by atoms with E-state index in [1.54, 1.807) is 18.2 Å². The number of nitrogens with one attached hydrogen (secondary N) is 1. The van der Waals surface area contributed by atoms with E-state index >= 15 is 0 Å². The number of aromatic nitrogens is 2. The average Bonchev–Trinajstić information content (AvgIpc) is 2.44. The minimum atomic E-state index is -0.813. The molecule has 0 amide bonds. The molecule has 0 aliphatic heterocycles. The van der Waals surface area contributed by atoms with Crippen LogP contribution in [0.15, 0.2) is 24.3 Å². The number of halogens is 2. The van der Waals surface area contributed by atoms with E-state index in [4.69, 9.17) is 23.2 Å². The number of hydrogen-bond acceptors (Lipinski definition) is 4. The predicted octanol–water partition coefficient (Wildman–Crippen LogP) is 3.80. The first-order valence-corrected chi connectivity index (χ1v) is 7.47. The van der Waals surface area contributed by atoms with Crippen LogP contribution in [0.1, 0.15) is 30.1 Å². The maximum absolute atomic E-state index is 10.3. The smallest absolute Gasteiger partial charge is 0.130 e. The molecule has 112 valence electrons. The molecule has 2 N–H and O–H groups in total. The van der Waals surface area contributed by atoms with Gasteiger partial charge in [0.1, 0.15) is 11.6 Å². The molecule has 1 aromatic heterocycles. The first-order valence-electron chi connectivity index (χ1n) is 6.71. The van der Waals surface area contributed by atoms with Crippen molar-refractivity contribution in [3.05, 3.63) is 51.4 Å². The van der Waals surface area contributed by atoms with E-state index in [-0.39, 0.29) is 6.54 Å². The zero-order valence-electron chi connectivity index (χ0n) is 11.9. The maximum atomic E-state index is 10.3. The van der Waals surface area contributed by atoms with Crippen LogP contribution in [0.5, 0.6) is 0 Å². The molecular formula is C15H17Cl2N3O. The van der Waals surface area contributed by atoms with Crippen molar-refractivity contribution in [2.75, 3.05) is 11.9 Å². The Kier molecular flexibility index (Phi) is 5.39. The maximum Gasteiger partial charge on any atom is 0.130 e. The number of aryl methyl sites for hydroxylation is 2. The summed E-state index contributed by atoms with van der Waals surface area (Å²) in [5, 5.41) is 14.3. The molecule has 0 saturated heterocycles. The van der Waals surface area contributed by atoms with E-state index in [2.05, 4.69) is 15.3 Å². The van der Waals surface area contributed by atoms with Crippen LogP contribution in [-0.4, -0.2) is 21.6 Å². The van der Waals surface area contributed by atoms with Gasteiger partial charge in [0.2, 0.25) is 0 Å². The van der Waals surface area contributed by atoms with Crippen molar-refractivity contribution in [1.82, 2.24) is 9.97 Å². The van der Waals surface area contributed by atoms with Crippen LogP contribution in [-0.2, 0) is 6.42 Å². The summed E-state index contributed by atoms with van der Waals surface area (Å²) in [5.74, 6) is 1.38. The van der Waals surface area contributed by atoms with Gasteiger partial charge in [-0.3, -0.25) is 0 Å². The highest BCUT2D eigenvalue weighted by Gasteiger charge is 2.15. The lowest BCUT2D eigenvalue weighted by Gasteiger charge is -2.16. The second kappa shape index (κ2) is 7.07. The van der Waals surface area contributed by atoms with Crippen LogP contribution in [0, 0.1) is 6.92 Å². The standard InChI is InChI=1S/C15H17Cl2N3O/c1-3-10-7-14(20-9(2)19-10)18-8-13(21)15-11(16)5-4-6-12(15)17/h4-7,13,21H,3,8H2,1-2H3,(H,18,19,20). The van der Waals surface area contributed by atoms with Gasteiger partial charge in [-0.1, -0.05) is 36.2 Å². The van der Waals surface area contributed by atoms with Gasteiger partial charge < -0.3 is 10.4 Å². The Bertz CT molecular complexity index is 614. The third-order valence-electron chi connectivity index (χ3n) is 3.06. The summed E-state index contributed by atoms with van der Waals surface area (Å²) in [6, 6.07) is 7.02. The third kappa shape index (κ3) is 4.06. The first-order chi connectivity index (χ1) is 10.0. The second-order valence-electron chi connectivity index (χ2n) is 4.68. The zero-order valence-corrected chi connectivity index (χ0v) is 13.4. The van der Waals surface area contributed by atoms with Gasteiger partial charge in [-0.05, 0) is 25.5 Å². The largest absolute Gasteiger partial charge is 0.386 e. The molecule has 0 aliphatic carbocycles. The monoisotopic (exact) mass is 325 g/mol. The van der Waals surface area contributed by atoms with Crippen molar-refractivity contribution < 1.29 is 5.11 Å². The lowest BCUT2D eigenvalue weighted by Crippen LogP contribution is -2.14. The van der Waals surface area contributed by atoms with Crippen LogP contribution < -0.4 is 5.32 Å². The Morgan fingerprint density at radius 1 is 1.24 bits per heavy atom. The molecule has 1 aromatic carbocycles. The fourth-order valence-corrected chi connectivity index (χ4v) is 2.68.